The number of likely N-dealkylation sites (tertiary alicyclic amines) is 1. The molecule has 8 heteroatoms. The molecular weight excluding hydrogens is 315 g/mol. The minimum Gasteiger partial charge on any atom is -0.481 e. The number of para-hydroxylation sites is 1. The SMILES string of the molecule is O=C(c1cc2ccccc2o1)N1CCC(C(=O)O)(C(F)(F)F)C1. The van der Waals surface area contributed by atoms with Crippen molar-refractivity contribution in [3.8, 4) is 0 Å². The average molecular weight is 327 g/mol. The van der Waals surface area contributed by atoms with Crippen LogP contribution < -0.4 is 0 Å². The zero-order chi connectivity index (χ0) is 16.8. The number of alkyl halides is 3. The standard InChI is InChI=1S/C15H12F3NO4/c16-15(17,18)14(13(21)22)5-6-19(8-14)12(20)11-7-9-3-1-2-4-10(9)23-11/h1-4,7H,5-6,8H2,(H,21,22). The molecule has 1 unspecified atom stereocenters. The molecule has 3 rings (SSSR count). The predicted octanol–water partition coefficient (Wildman–Crippen LogP) is 2.91. The number of hydrogen-bond donors (Lipinski definition) is 1. The summed E-state index contributed by atoms with van der Waals surface area (Å²) in [6.07, 6.45) is -5.60. The molecule has 2 aromatic rings. The molecule has 0 radical (unpaired) electrons. The molecule has 1 atom stereocenters. The van der Waals surface area contributed by atoms with Gasteiger partial charge in [0.25, 0.3) is 5.91 Å². The molecule has 2 heterocycles. The van der Waals surface area contributed by atoms with Crippen LogP contribution in [0.3, 0.4) is 0 Å². The molecule has 1 aliphatic rings. The van der Waals surface area contributed by atoms with Crippen molar-refractivity contribution in [3.63, 3.8) is 0 Å². The van der Waals surface area contributed by atoms with Gasteiger partial charge in [0, 0.05) is 18.5 Å². The smallest absolute Gasteiger partial charge is 0.406 e. The normalized spacial score (nSPS) is 21.8. The molecule has 1 N–H and O–H groups in total. The van der Waals surface area contributed by atoms with Crippen LogP contribution in [0.25, 0.3) is 11.0 Å². The lowest BCUT2D eigenvalue weighted by Gasteiger charge is -2.26. The van der Waals surface area contributed by atoms with Gasteiger partial charge < -0.3 is 14.4 Å². The number of furan rings is 1. The number of carboxylic acid groups (broad SMARTS) is 1. The summed E-state index contributed by atoms with van der Waals surface area (Å²) in [6.45, 7) is -1.20. The monoisotopic (exact) mass is 327 g/mol. The highest BCUT2D eigenvalue weighted by Crippen LogP contribution is 2.46. The zero-order valence-electron chi connectivity index (χ0n) is 11.8. The Labute approximate surface area is 128 Å². The maximum absolute atomic E-state index is 13.1. The summed E-state index contributed by atoms with van der Waals surface area (Å²) >= 11 is 0. The second-order valence-electron chi connectivity index (χ2n) is 5.51. The zero-order valence-corrected chi connectivity index (χ0v) is 11.8. The second kappa shape index (κ2) is 5.00. The van der Waals surface area contributed by atoms with Crippen molar-refractivity contribution < 1.29 is 32.3 Å². The Morgan fingerprint density at radius 3 is 2.52 bits per heavy atom. The Balaban J connectivity index is 1.88. The molecule has 0 spiro atoms. The molecular formula is C15H12F3NO4. The van der Waals surface area contributed by atoms with Crippen molar-refractivity contribution in [1.82, 2.24) is 4.90 Å². The Bertz CT molecular complexity index is 749. The van der Waals surface area contributed by atoms with Crippen LogP contribution in [0, 0.1) is 5.41 Å². The molecule has 1 aromatic carbocycles. The highest BCUT2D eigenvalue weighted by molar-refractivity contribution is 5.96. The van der Waals surface area contributed by atoms with E-state index in [2.05, 4.69) is 0 Å². The maximum Gasteiger partial charge on any atom is 0.406 e. The fourth-order valence-corrected chi connectivity index (χ4v) is 2.75. The summed E-state index contributed by atoms with van der Waals surface area (Å²) in [4.78, 5) is 24.3. The highest BCUT2D eigenvalue weighted by atomic mass is 19.4. The third-order valence-corrected chi connectivity index (χ3v) is 4.14. The van der Waals surface area contributed by atoms with E-state index in [0.29, 0.717) is 11.0 Å². The van der Waals surface area contributed by atoms with Gasteiger partial charge in [0.1, 0.15) is 5.58 Å². The second-order valence-corrected chi connectivity index (χ2v) is 5.51. The fraction of sp³-hybridized carbons (Fsp3) is 0.333. The van der Waals surface area contributed by atoms with Crippen molar-refractivity contribution in [2.75, 3.05) is 13.1 Å². The van der Waals surface area contributed by atoms with E-state index in [1.807, 2.05) is 0 Å². The largest absolute Gasteiger partial charge is 0.481 e. The van der Waals surface area contributed by atoms with Gasteiger partial charge in [0.15, 0.2) is 11.2 Å². The van der Waals surface area contributed by atoms with Gasteiger partial charge in [-0.2, -0.15) is 13.2 Å². The number of benzene rings is 1. The third-order valence-electron chi connectivity index (χ3n) is 4.14. The van der Waals surface area contributed by atoms with E-state index >= 15 is 0 Å². The molecule has 1 fully saturated rings. The lowest BCUT2D eigenvalue weighted by atomic mass is 9.86. The first-order valence-electron chi connectivity index (χ1n) is 6.82. The van der Waals surface area contributed by atoms with Gasteiger partial charge in [-0.1, -0.05) is 18.2 Å². The molecule has 1 amide bonds. The summed E-state index contributed by atoms with van der Waals surface area (Å²) in [6, 6.07) is 8.21. The topological polar surface area (TPSA) is 70.8 Å². The van der Waals surface area contributed by atoms with Gasteiger partial charge in [-0.15, -0.1) is 0 Å². The number of carboxylic acids is 1. The Kier molecular flexibility index (Phi) is 3.35. The molecule has 122 valence electrons. The van der Waals surface area contributed by atoms with Crippen LogP contribution in [0.4, 0.5) is 13.2 Å². The molecule has 1 aromatic heterocycles. The van der Waals surface area contributed by atoms with E-state index in [9.17, 15) is 22.8 Å². The van der Waals surface area contributed by atoms with Crippen molar-refractivity contribution >= 4 is 22.8 Å². The van der Waals surface area contributed by atoms with E-state index in [1.165, 1.54) is 6.07 Å². The van der Waals surface area contributed by atoms with E-state index < -0.39 is 36.4 Å². The number of carbonyl (C=O) groups is 2. The van der Waals surface area contributed by atoms with Crippen LogP contribution >= 0.6 is 0 Å². The number of carbonyl (C=O) groups excluding carboxylic acids is 1. The summed E-state index contributed by atoms with van der Waals surface area (Å²) < 4.78 is 44.7. The first-order chi connectivity index (χ1) is 10.7. The van der Waals surface area contributed by atoms with E-state index in [-0.39, 0.29) is 12.3 Å². The number of rotatable bonds is 2. The first kappa shape index (κ1) is 15.4. The minimum absolute atomic E-state index is 0.102. The van der Waals surface area contributed by atoms with Crippen LogP contribution in [-0.4, -0.2) is 41.1 Å². The fourth-order valence-electron chi connectivity index (χ4n) is 2.75. The first-order valence-corrected chi connectivity index (χ1v) is 6.82. The average Bonchev–Trinajstić information content (AvgIpc) is 3.10. The molecule has 1 saturated heterocycles. The lowest BCUT2D eigenvalue weighted by Crippen LogP contribution is -2.47. The number of amides is 1. The Hall–Kier alpha value is -2.51. The summed E-state index contributed by atoms with van der Waals surface area (Å²) in [5.41, 5.74) is -2.48. The van der Waals surface area contributed by atoms with Gasteiger partial charge in [-0.05, 0) is 18.6 Å². The number of nitrogens with zero attached hydrogens (tertiary/aromatic N) is 1. The quantitative estimate of drug-likeness (QED) is 0.921. The summed E-state index contributed by atoms with van der Waals surface area (Å²) in [7, 11) is 0. The van der Waals surface area contributed by atoms with Crippen molar-refractivity contribution in [2.45, 2.75) is 12.6 Å². The molecule has 23 heavy (non-hydrogen) atoms. The molecule has 0 bridgehead atoms. The van der Waals surface area contributed by atoms with Crippen LogP contribution in [0.15, 0.2) is 34.7 Å². The van der Waals surface area contributed by atoms with Gasteiger partial charge in [-0.25, -0.2) is 0 Å². The summed E-state index contributed by atoms with van der Waals surface area (Å²) in [5.74, 6) is -2.81. The Morgan fingerprint density at radius 1 is 1.26 bits per heavy atom. The highest BCUT2D eigenvalue weighted by Gasteiger charge is 2.64. The third kappa shape index (κ3) is 2.34. The van der Waals surface area contributed by atoms with Crippen molar-refractivity contribution in [1.29, 1.82) is 0 Å². The van der Waals surface area contributed by atoms with Crippen LogP contribution in [0.1, 0.15) is 17.0 Å². The van der Waals surface area contributed by atoms with Crippen molar-refractivity contribution in [3.05, 3.63) is 36.1 Å². The minimum atomic E-state index is -4.93. The van der Waals surface area contributed by atoms with E-state index in [4.69, 9.17) is 9.52 Å². The van der Waals surface area contributed by atoms with Gasteiger partial charge in [0.2, 0.25) is 0 Å². The van der Waals surface area contributed by atoms with Crippen LogP contribution in [-0.2, 0) is 4.79 Å². The number of fused-ring (bicyclic) bond motifs is 1. The van der Waals surface area contributed by atoms with Gasteiger partial charge >= 0.3 is 12.1 Å². The van der Waals surface area contributed by atoms with Crippen molar-refractivity contribution in [2.24, 2.45) is 5.41 Å². The number of halogens is 3. The Morgan fingerprint density at radius 2 is 1.96 bits per heavy atom. The number of aliphatic carboxylic acids is 1. The van der Waals surface area contributed by atoms with Gasteiger partial charge in [0.05, 0.1) is 0 Å². The predicted molar refractivity (Wildman–Crippen MR) is 72.9 cm³/mol. The lowest BCUT2D eigenvalue weighted by molar-refractivity contribution is -0.227. The van der Waals surface area contributed by atoms with Gasteiger partial charge in [-0.3, -0.25) is 9.59 Å². The van der Waals surface area contributed by atoms with Crippen LogP contribution in [0.2, 0.25) is 0 Å². The number of hydrogen-bond acceptors (Lipinski definition) is 3. The van der Waals surface area contributed by atoms with E-state index in [1.54, 1.807) is 24.3 Å². The summed E-state index contributed by atoms with van der Waals surface area (Å²) in [5, 5.41) is 9.65. The molecule has 0 saturated carbocycles. The molecule has 1 aliphatic heterocycles. The maximum atomic E-state index is 13.1. The molecule has 5 nitrogen and oxygen atoms in total. The van der Waals surface area contributed by atoms with E-state index in [0.717, 1.165) is 4.90 Å². The van der Waals surface area contributed by atoms with Crippen LogP contribution in [0.5, 0.6) is 0 Å². The molecule has 0 aliphatic carbocycles.